The van der Waals surface area contributed by atoms with Gasteiger partial charge in [0.15, 0.2) is 17.6 Å². The number of quaternary nitrogens is 1. The number of benzene rings is 1. The van der Waals surface area contributed by atoms with Crippen LogP contribution in [-0.4, -0.2) is 58.5 Å². The van der Waals surface area contributed by atoms with Crippen LogP contribution in [0.5, 0.6) is 11.5 Å². The summed E-state index contributed by atoms with van der Waals surface area (Å²) < 4.78 is 16.2. The molecule has 1 aromatic carbocycles. The number of hydrogen-bond donors (Lipinski definition) is 2. The van der Waals surface area contributed by atoms with Crippen LogP contribution in [0.1, 0.15) is 13.3 Å². The number of carbonyl (C=O) groups excluding carboxylic acids is 1. The number of nitrogens with one attached hydrogen (secondary N) is 2. The molecule has 1 fully saturated rings. The lowest BCUT2D eigenvalue weighted by Gasteiger charge is -2.23. The molecular formula is C17H27N2O4+. The zero-order valence-electron chi connectivity index (χ0n) is 14.0. The molecular weight excluding hydrogens is 296 g/mol. The predicted molar refractivity (Wildman–Crippen MR) is 87.1 cm³/mol. The maximum Gasteiger partial charge on any atom is 0.260 e. The molecule has 1 atom stereocenters. The third kappa shape index (κ3) is 5.73. The highest BCUT2D eigenvalue weighted by Crippen LogP contribution is 2.26. The van der Waals surface area contributed by atoms with Gasteiger partial charge in [-0.1, -0.05) is 12.1 Å². The molecule has 0 radical (unpaired) electrons. The lowest BCUT2D eigenvalue weighted by molar-refractivity contribution is -0.908. The Morgan fingerprint density at radius 1 is 1.30 bits per heavy atom. The molecule has 1 aromatic rings. The fraction of sp³-hybridized carbons (Fsp3) is 0.588. The zero-order chi connectivity index (χ0) is 16.5. The second kappa shape index (κ2) is 9.37. The van der Waals surface area contributed by atoms with Crippen LogP contribution in [-0.2, 0) is 9.53 Å². The summed E-state index contributed by atoms with van der Waals surface area (Å²) in [5, 5.41) is 2.93. The molecule has 0 unspecified atom stereocenters. The first-order valence-electron chi connectivity index (χ1n) is 8.19. The number of carbonyl (C=O) groups is 1. The largest absolute Gasteiger partial charge is 0.493 e. The molecule has 0 bridgehead atoms. The molecule has 23 heavy (non-hydrogen) atoms. The first-order valence-corrected chi connectivity index (χ1v) is 8.19. The smallest absolute Gasteiger partial charge is 0.260 e. The van der Waals surface area contributed by atoms with Crippen molar-refractivity contribution in [1.29, 1.82) is 0 Å². The summed E-state index contributed by atoms with van der Waals surface area (Å²) in [6, 6.07) is 7.33. The molecule has 1 heterocycles. The number of rotatable bonds is 8. The van der Waals surface area contributed by atoms with E-state index in [-0.39, 0.29) is 5.91 Å². The standard InChI is InChI=1S/C17H26N2O4/c1-14(23-16-7-4-3-6-15(16)21-2)17(20)18-8-5-9-19-10-12-22-13-11-19/h3-4,6-7,14H,5,8-13H2,1-2H3,(H,18,20)/p+1/t14-/m0/s1. The first-order chi connectivity index (χ1) is 11.2. The Morgan fingerprint density at radius 2 is 2.00 bits per heavy atom. The zero-order valence-corrected chi connectivity index (χ0v) is 14.0. The van der Waals surface area contributed by atoms with Crippen LogP contribution < -0.4 is 19.7 Å². The van der Waals surface area contributed by atoms with Gasteiger partial charge in [0.25, 0.3) is 5.91 Å². The summed E-state index contributed by atoms with van der Waals surface area (Å²) in [4.78, 5) is 13.6. The second-order valence-electron chi connectivity index (χ2n) is 5.67. The number of ether oxygens (including phenoxy) is 3. The number of hydrogen-bond acceptors (Lipinski definition) is 4. The average molecular weight is 323 g/mol. The van der Waals surface area contributed by atoms with Gasteiger partial charge in [-0.05, 0) is 19.1 Å². The van der Waals surface area contributed by atoms with Gasteiger partial charge in [0.2, 0.25) is 0 Å². The van der Waals surface area contributed by atoms with Gasteiger partial charge in [0, 0.05) is 13.0 Å². The van der Waals surface area contributed by atoms with Crippen molar-refractivity contribution < 1.29 is 23.9 Å². The van der Waals surface area contributed by atoms with Crippen molar-refractivity contribution in [3.05, 3.63) is 24.3 Å². The van der Waals surface area contributed by atoms with Crippen LogP contribution >= 0.6 is 0 Å². The van der Waals surface area contributed by atoms with Crippen LogP contribution in [0.15, 0.2) is 24.3 Å². The highest BCUT2D eigenvalue weighted by Gasteiger charge is 2.17. The Balaban J connectivity index is 1.68. The van der Waals surface area contributed by atoms with Crippen LogP contribution in [0, 0.1) is 0 Å². The Bertz CT molecular complexity index is 489. The Labute approximate surface area is 137 Å². The third-order valence-electron chi connectivity index (χ3n) is 3.95. The van der Waals surface area contributed by atoms with Gasteiger partial charge in [-0.2, -0.15) is 0 Å². The van der Waals surface area contributed by atoms with Gasteiger partial charge < -0.3 is 24.4 Å². The van der Waals surface area contributed by atoms with Crippen LogP contribution in [0.3, 0.4) is 0 Å². The summed E-state index contributed by atoms with van der Waals surface area (Å²) in [5.41, 5.74) is 0. The minimum absolute atomic E-state index is 0.104. The number of morpholine rings is 1. The van der Waals surface area contributed by atoms with Crippen molar-refractivity contribution in [1.82, 2.24) is 5.32 Å². The lowest BCUT2D eigenvalue weighted by atomic mass is 10.3. The summed E-state index contributed by atoms with van der Waals surface area (Å²) in [5.74, 6) is 1.10. The van der Waals surface area contributed by atoms with E-state index in [1.807, 2.05) is 18.2 Å². The van der Waals surface area contributed by atoms with E-state index in [1.54, 1.807) is 25.0 Å². The molecule has 0 aromatic heterocycles. The van der Waals surface area contributed by atoms with E-state index in [9.17, 15) is 4.79 Å². The molecule has 1 aliphatic rings. The molecule has 2 N–H and O–H groups in total. The first kappa shape index (κ1) is 17.6. The second-order valence-corrected chi connectivity index (χ2v) is 5.67. The Hall–Kier alpha value is -1.79. The maximum absolute atomic E-state index is 12.1. The van der Waals surface area contributed by atoms with Gasteiger partial charge in [-0.3, -0.25) is 4.79 Å². The topological polar surface area (TPSA) is 61.2 Å². The molecule has 0 saturated carbocycles. The van der Waals surface area contributed by atoms with Gasteiger partial charge in [0.1, 0.15) is 13.1 Å². The van der Waals surface area contributed by atoms with Gasteiger partial charge in [-0.15, -0.1) is 0 Å². The Morgan fingerprint density at radius 3 is 2.70 bits per heavy atom. The minimum Gasteiger partial charge on any atom is -0.493 e. The summed E-state index contributed by atoms with van der Waals surface area (Å²) in [6.45, 7) is 7.27. The quantitative estimate of drug-likeness (QED) is 0.655. The number of amides is 1. The van der Waals surface area contributed by atoms with Gasteiger partial charge in [0.05, 0.1) is 26.9 Å². The Kier molecular flexibility index (Phi) is 7.16. The molecule has 1 aliphatic heterocycles. The summed E-state index contributed by atoms with van der Waals surface area (Å²) >= 11 is 0. The third-order valence-corrected chi connectivity index (χ3v) is 3.95. The SMILES string of the molecule is COc1ccccc1O[C@@H](C)C(=O)NCCC[NH+]1CCOCC1. The fourth-order valence-electron chi connectivity index (χ4n) is 2.56. The summed E-state index contributed by atoms with van der Waals surface area (Å²) in [6.07, 6.45) is 0.407. The highest BCUT2D eigenvalue weighted by molar-refractivity contribution is 5.80. The normalized spacial score (nSPS) is 16.6. The van der Waals surface area contributed by atoms with Crippen molar-refractivity contribution in [2.24, 2.45) is 0 Å². The number of para-hydroxylation sites is 2. The molecule has 2 rings (SSSR count). The molecule has 0 aliphatic carbocycles. The van der Waals surface area contributed by atoms with Crippen LogP contribution in [0.4, 0.5) is 0 Å². The van der Waals surface area contributed by atoms with E-state index in [0.717, 1.165) is 39.3 Å². The van der Waals surface area contributed by atoms with E-state index in [0.29, 0.717) is 18.0 Å². The minimum atomic E-state index is -0.554. The molecule has 6 nitrogen and oxygen atoms in total. The maximum atomic E-state index is 12.1. The molecule has 128 valence electrons. The van der Waals surface area contributed by atoms with Crippen LogP contribution in [0.2, 0.25) is 0 Å². The predicted octanol–water partition coefficient (Wildman–Crippen LogP) is -0.116. The fourth-order valence-corrected chi connectivity index (χ4v) is 2.56. The van der Waals surface area contributed by atoms with Crippen LogP contribution in [0.25, 0.3) is 0 Å². The lowest BCUT2D eigenvalue weighted by Crippen LogP contribution is -3.14. The molecule has 1 amide bonds. The molecule has 6 heteroatoms. The number of methoxy groups -OCH3 is 1. The van der Waals surface area contributed by atoms with E-state index in [4.69, 9.17) is 14.2 Å². The van der Waals surface area contributed by atoms with E-state index in [2.05, 4.69) is 5.32 Å². The van der Waals surface area contributed by atoms with Crippen molar-refractivity contribution in [3.8, 4) is 11.5 Å². The van der Waals surface area contributed by atoms with Crippen molar-refractivity contribution in [2.45, 2.75) is 19.4 Å². The van der Waals surface area contributed by atoms with E-state index in [1.165, 1.54) is 0 Å². The van der Waals surface area contributed by atoms with Crippen molar-refractivity contribution >= 4 is 5.91 Å². The van der Waals surface area contributed by atoms with Gasteiger partial charge >= 0.3 is 0 Å². The average Bonchev–Trinajstić information content (AvgIpc) is 2.60. The van der Waals surface area contributed by atoms with Crippen molar-refractivity contribution in [2.75, 3.05) is 46.5 Å². The van der Waals surface area contributed by atoms with Gasteiger partial charge in [-0.25, -0.2) is 0 Å². The molecule has 1 saturated heterocycles. The van der Waals surface area contributed by atoms with E-state index < -0.39 is 6.10 Å². The highest BCUT2D eigenvalue weighted by atomic mass is 16.5. The summed E-state index contributed by atoms with van der Waals surface area (Å²) in [7, 11) is 1.58. The molecule has 0 spiro atoms. The van der Waals surface area contributed by atoms with Crippen molar-refractivity contribution in [3.63, 3.8) is 0 Å². The monoisotopic (exact) mass is 323 g/mol. The van der Waals surface area contributed by atoms with E-state index >= 15 is 0 Å².